The van der Waals surface area contributed by atoms with Gasteiger partial charge in [0.2, 0.25) is 5.09 Å². The number of fused-ring (bicyclic) bond motifs is 1. The van der Waals surface area contributed by atoms with E-state index in [9.17, 15) is 4.79 Å². The van der Waals surface area contributed by atoms with Crippen molar-refractivity contribution in [2.24, 2.45) is 0 Å². The van der Waals surface area contributed by atoms with Crippen molar-refractivity contribution in [3.05, 3.63) is 11.3 Å². The van der Waals surface area contributed by atoms with Crippen molar-refractivity contribution in [2.45, 2.75) is 44.1 Å². The van der Waals surface area contributed by atoms with Crippen molar-refractivity contribution >= 4 is 18.0 Å². The van der Waals surface area contributed by atoms with Crippen LogP contribution in [-0.4, -0.2) is 17.7 Å². The molecule has 0 fully saturated rings. The monoisotopic (exact) mass is 255 g/mol. The van der Waals surface area contributed by atoms with Gasteiger partial charge < -0.3 is 9.84 Å². The second kappa shape index (κ2) is 5.95. The molecule has 6 heteroatoms. The summed E-state index contributed by atoms with van der Waals surface area (Å²) in [7, 11) is 0. The molecule has 0 aromatic carbocycles. The van der Waals surface area contributed by atoms with E-state index in [1.54, 1.807) is 0 Å². The molecule has 0 radical (unpaired) electrons. The Balaban J connectivity index is 1.76. The van der Waals surface area contributed by atoms with Crippen LogP contribution in [0.2, 0.25) is 0 Å². The maximum Gasteiger partial charge on any atom is 0.325 e. The summed E-state index contributed by atoms with van der Waals surface area (Å²) < 4.78 is 7.89. The van der Waals surface area contributed by atoms with E-state index in [0.717, 1.165) is 48.5 Å². The Morgan fingerprint density at radius 1 is 1.53 bits per heavy atom. The number of unbranched alkanes of at least 4 members (excludes halogenated alkanes) is 1. The first kappa shape index (κ1) is 12.3. The van der Waals surface area contributed by atoms with Crippen molar-refractivity contribution in [2.75, 3.05) is 6.54 Å². The van der Waals surface area contributed by atoms with Crippen LogP contribution >= 0.6 is 11.9 Å². The summed E-state index contributed by atoms with van der Waals surface area (Å²) in [5.74, 6) is 0. The first-order valence-corrected chi connectivity index (χ1v) is 6.81. The minimum Gasteiger partial charge on any atom is -0.348 e. The molecule has 0 saturated heterocycles. The highest BCUT2D eigenvalue weighted by molar-refractivity contribution is 7.97. The lowest BCUT2D eigenvalue weighted by Crippen LogP contribution is -2.31. The zero-order valence-corrected chi connectivity index (χ0v) is 10.7. The predicted molar refractivity (Wildman–Crippen MR) is 65.8 cm³/mol. The van der Waals surface area contributed by atoms with E-state index in [-0.39, 0.29) is 6.03 Å². The SMILES string of the molecule is CCCCNC(=O)NSc1onc2c1CCC2. The third kappa shape index (κ3) is 3.15. The van der Waals surface area contributed by atoms with E-state index in [0.29, 0.717) is 6.54 Å². The number of hydrogen-bond acceptors (Lipinski definition) is 4. The molecule has 1 aliphatic rings. The van der Waals surface area contributed by atoms with Gasteiger partial charge in [-0.2, -0.15) is 0 Å². The lowest BCUT2D eigenvalue weighted by molar-refractivity contribution is 0.246. The van der Waals surface area contributed by atoms with Crippen molar-refractivity contribution in [1.29, 1.82) is 0 Å². The van der Waals surface area contributed by atoms with Crippen LogP contribution in [0.1, 0.15) is 37.4 Å². The van der Waals surface area contributed by atoms with Crippen LogP contribution in [0.4, 0.5) is 4.79 Å². The molecule has 5 nitrogen and oxygen atoms in total. The summed E-state index contributed by atoms with van der Waals surface area (Å²) in [6, 6.07) is -0.174. The van der Waals surface area contributed by atoms with Gasteiger partial charge in [0.25, 0.3) is 0 Å². The van der Waals surface area contributed by atoms with Gasteiger partial charge in [0.1, 0.15) is 0 Å². The number of nitrogens with zero attached hydrogens (tertiary/aromatic N) is 1. The largest absolute Gasteiger partial charge is 0.348 e. The van der Waals surface area contributed by atoms with Gasteiger partial charge in [0.15, 0.2) is 0 Å². The molecule has 1 aliphatic carbocycles. The summed E-state index contributed by atoms with van der Waals surface area (Å²) in [5.41, 5.74) is 2.20. The van der Waals surface area contributed by atoms with E-state index in [1.807, 2.05) is 0 Å². The van der Waals surface area contributed by atoms with Crippen LogP contribution in [0.25, 0.3) is 0 Å². The lowest BCUT2D eigenvalue weighted by Gasteiger charge is -2.04. The molecule has 17 heavy (non-hydrogen) atoms. The molecular weight excluding hydrogens is 238 g/mol. The van der Waals surface area contributed by atoms with Gasteiger partial charge in [-0.05, 0) is 25.7 Å². The van der Waals surface area contributed by atoms with E-state index in [2.05, 4.69) is 22.1 Å². The number of carbonyl (C=O) groups is 1. The number of hydrogen-bond donors (Lipinski definition) is 2. The number of amides is 2. The third-order valence-corrected chi connectivity index (χ3v) is 3.52. The number of aromatic nitrogens is 1. The molecule has 2 N–H and O–H groups in total. The molecule has 1 heterocycles. The van der Waals surface area contributed by atoms with Gasteiger partial charge >= 0.3 is 6.03 Å². The van der Waals surface area contributed by atoms with Crippen LogP contribution < -0.4 is 10.0 Å². The Bertz CT molecular complexity index is 392. The highest BCUT2D eigenvalue weighted by Gasteiger charge is 2.21. The molecule has 0 saturated carbocycles. The number of nitrogens with one attached hydrogen (secondary N) is 2. The second-order valence-electron chi connectivity index (χ2n) is 4.06. The molecule has 0 unspecified atom stereocenters. The van der Waals surface area contributed by atoms with E-state index >= 15 is 0 Å². The number of rotatable bonds is 5. The first-order valence-electron chi connectivity index (χ1n) is 5.99. The van der Waals surface area contributed by atoms with Crippen molar-refractivity contribution in [1.82, 2.24) is 15.2 Å². The van der Waals surface area contributed by atoms with Gasteiger partial charge in [-0.3, -0.25) is 4.72 Å². The van der Waals surface area contributed by atoms with Crippen LogP contribution in [0.15, 0.2) is 9.62 Å². The van der Waals surface area contributed by atoms with Gasteiger partial charge in [0, 0.05) is 24.1 Å². The fourth-order valence-corrected chi connectivity index (χ4v) is 2.46. The number of aryl methyl sites for hydroxylation is 1. The fourth-order valence-electron chi connectivity index (χ4n) is 1.79. The van der Waals surface area contributed by atoms with Gasteiger partial charge in [-0.1, -0.05) is 18.5 Å². The minimum absolute atomic E-state index is 0.174. The molecule has 2 rings (SSSR count). The summed E-state index contributed by atoms with van der Waals surface area (Å²) >= 11 is 1.21. The lowest BCUT2D eigenvalue weighted by atomic mass is 10.3. The normalized spacial score (nSPS) is 13.5. The molecule has 1 aromatic rings. The standard InChI is InChI=1S/C11H17N3O2S/c1-2-3-7-12-11(15)14-17-10-8-5-4-6-9(8)13-16-10/h2-7H2,1H3,(H2,12,14,15). The van der Waals surface area contributed by atoms with Crippen molar-refractivity contribution < 1.29 is 9.32 Å². The third-order valence-electron chi connectivity index (χ3n) is 2.73. The first-order chi connectivity index (χ1) is 8.31. The molecule has 2 amide bonds. The molecular formula is C11H17N3O2S. The van der Waals surface area contributed by atoms with Crippen LogP contribution in [0.3, 0.4) is 0 Å². The van der Waals surface area contributed by atoms with Gasteiger partial charge in [-0.15, -0.1) is 0 Å². The van der Waals surface area contributed by atoms with Crippen LogP contribution in [0, 0.1) is 0 Å². The Morgan fingerprint density at radius 3 is 3.24 bits per heavy atom. The zero-order valence-electron chi connectivity index (χ0n) is 9.91. The Labute approximate surface area is 105 Å². The second-order valence-corrected chi connectivity index (χ2v) is 4.84. The summed E-state index contributed by atoms with van der Waals surface area (Å²) in [6.07, 6.45) is 5.19. The zero-order chi connectivity index (χ0) is 12.1. The Hall–Kier alpha value is -1.17. The number of carbonyl (C=O) groups excluding carboxylic acids is 1. The average molecular weight is 255 g/mol. The molecule has 0 bridgehead atoms. The molecule has 0 spiro atoms. The van der Waals surface area contributed by atoms with Gasteiger partial charge in [-0.25, -0.2) is 4.79 Å². The minimum atomic E-state index is -0.174. The maximum atomic E-state index is 11.4. The highest BCUT2D eigenvalue weighted by Crippen LogP contribution is 2.30. The maximum absolute atomic E-state index is 11.4. The van der Waals surface area contributed by atoms with E-state index < -0.39 is 0 Å². The smallest absolute Gasteiger partial charge is 0.325 e. The molecule has 1 aromatic heterocycles. The Kier molecular flexibility index (Phi) is 4.30. The highest BCUT2D eigenvalue weighted by atomic mass is 32.2. The Morgan fingerprint density at radius 2 is 2.41 bits per heavy atom. The van der Waals surface area contributed by atoms with Crippen LogP contribution in [0.5, 0.6) is 0 Å². The van der Waals surface area contributed by atoms with Crippen molar-refractivity contribution in [3.63, 3.8) is 0 Å². The average Bonchev–Trinajstić information content (AvgIpc) is 2.89. The topological polar surface area (TPSA) is 67.2 Å². The molecule has 94 valence electrons. The molecule has 0 atom stereocenters. The molecule has 0 aliphatic heterocycles. The predicted octanol–water partition coefficient (Wildman–Crippen LogP) is 2.27. The van der Waals surface area contributed by atoms with Gasteiger partial charge in [0.05, 0.1) is 5.69 Å². The quantitative estimate of drug-likeness (QED) is 0.625. The van der Waals surface area contributed by atoms with E-state index in [4.69, 9.17) is 4.52 Å². The van der Waals surface area contributed by atoms with E-state index in [1.165, 1.54) is 11.9 Å². The van der Waals surface area contributed by atoms with Crippen molar-refractivity contribution in [3.8, 4) is 0 Å². The summed E-state index contributed by atoms with van der Waals surface area (Å²) in [6.45, 7) is 2.80. The van der Waals surface area contributed by atoms with Crippen LogP contribution in [-0.2, 0) is 12.8 Å². The summed E-state index contributed by atoms with van der Waals surface area (Å²) in [5, 5.41) is 7.49. The summed E-state index contributed by atoms with van der Waals surface area (Å²) in [4.78, 5) is 11.4. The fraction of sp³-hybridized carbons (Fsp3) is 0.636. The number of urea groups is 1.